The molecule has 0 bridgehead atoms. The van der Waals surface area contributed by atoms with Gasteiger partial charge in [-0.25, -0.2) is 0 Å². The van der Waals surface area contributed by atoms with E-state index in [-0.39, 0.29) is 17.4 Å². The largest absolute Gasteiger partial charge is 0.375 e. The number of nitrogens with zero attached hydrogens (tertiary/aromatic N) is 2. The summed E-state index contributed by atoms with van der Waals surface area (Å²) in [5, 5.41) is 3.06. The van der Waals surface area contributed by atoms with E-state index in [2.05, 4.69) is 16.4 Å². The van der Waals surface area contributed by atoms with Crippen molar-refractivity contribution in [2.45, 2.75) is 45.1 Å². The summed E-state index contributed by atoms with van der Waals surface area (Å²) in [7, 11) is 0. The Kier molecular flexibility index (Phi) is 6.37. The Labute approximate surface area is 184 Å². The van der Waals surface area contributed by atoms with Gasteiger partial charge in [0.1, 0.15) is 0 Å². The molecule has 2 fully saturated rings. The Morgan fingerprint density at radius 3 is 2.45 bits per heavy atom. The number of aromatic nitrogens is 1. The minimum absolute atomic E-state index is 0.0585. The van der Waals surface area contributed by atoms with Crippen LogP contribution in [0.5, 0.6) is 0 Å². The van der Waals surface area contributed by atoms with E-state index in [4.69, 9.17) is 4.74 Å². The summed E-state index contributed by atoms with van der Waals surface area (Å²) >= 11 is 0. The van der Waals surface area contributed by atoms with Crippen molar-refractivity contribution in [3.05, 3.63) is 65.0 Å². The van der Waals surface area contributed by atoms with Crippen LogP contribution in [-0.2, 0) is 4.74 Å². The first-order valence-electron chi connectivity index (χ1n) is 11.1. The summed E-state index contributed by atoms with van der Waals surface area (Å²) in [5.41, 5.74) is 3.46. The highest BCUT2D eigenvalue weighted by atomic mass is 16.5. The van der Waals surface area contributed by atoms with E-state index in [0.717, 1.165) is 42.4 Å². The highest BCUT2D eigenvalue weighted by Gasteiger charge is 2.41. The molecular formula is C25H31N3O3. The average Bonchev–Trinajstić information content (AvgIpc) is 2.77. The third-order valence-electron chi connectivity index (χ3n) is 6.52. The smallest absolute Gasteiger partial charge is 0.253 e. The molecule has 1 N–H and O–H groups in total. The zero-order valence-corrected chi connectivity index (χ0v) is 18.4. The summed E-state index contributed by atoms with van der Waals surface area (Å²) in [4.78, 5) is 31.2. The molecule has 1 aromatic carbocycles. The molecule has 1 unspecified atom stereocenters. The molecule has 2 amide bonds. The fourth-order valence-electron chi connectivity index (χ4n) is 4.89. The summed E-state index contributed by atoms with van der Waals surface area (Å²) in [6, 6.07) is 9.48. The lowest BCUT2D eigenvalue weighted by Gasteiger charge is -2.46. The number of benzene rings is 1. The Morgan fingerprint density at radius 2 is 1.77 bits per heavy atom. The number of rotatable bonds is 4. The minimum atomic E-state index is -0.177. The third-order valence-corrected chi connectivity index (χ3v) is 6.52. The second-order valence-electron chi connectivity index (χ2n) is 9.00. The van der Waals surface area contributed by atoms with Gasteiger partial charge < -0.3 is 15.0 Å². The molecule has 1 aromatic heterocycles. The van der Waals surface area contributed by atoms with Crippen LogP contribution in [0.3, 0.4) is 0 Å². The lowest BCUT2D eigenvalue weighted by molar-refractivity contribution is -0.122. The third kappa shape index (κ3) is 5.13. The molecule has 2 aromatic rings. The molecule has 1 spiro atoms. The van der Waals surface area contributed by atoms with Gasteiger partial charge in [0.25, 0.3) is 11.8 Å². The number of likely N-dealkylation sites (tertiary alicyclic amines) is 1. The molecule has 6 nitrogen and oxygen atoms in total. The molecule has 4 rings (SSSR count). The summed E-state index contributed by atoms with van der Waals surface area (Å²) in [6.07, 6.45) is 6.83. The molecule has 2 saturated heterocycles. The summed E-state index contributed by atoms with van der Waals surface area (Å²) in [5.74, 6) is 0.441. The molecule has 31 heavy (non-hydrogen) atoms. The van der Waals surface area contributed by atoms with E-state index in [1.54, 1.807) is 24.5 Å². The molecule has 6 heteroatoms. The highest BCUT2D eigenvalue weighted by molar-refractivity contribution is 5.95. The number of pyridine rings is 1. The van der Waals surface area contributed by atoms with Crippen LogP contribution in [0.15, 0.2) is 42.7 Å². The first-order valence-corrected chi connectivity index (χ1v) is 11.1. The maximum absolute atomic E-state index is 13.0. The topological polar surface area (TPSA) is 71.5 Å². The molecule has 164 valence electrons. The monoisotopic (exact) mass is 421 g/mol. The Bertz CT molecular complexity index is 916. The molecule has 0 radical (unpaired) electrons. The summed E-state index contributed by atoms with van der Waals surface area (Å²) < 4.78 is 6.24. The van der Waals surface area contributed by atoms with Crippen molar-refractivity contribution in [3.8, 4) is 0 Å². The van der Waals surface area contributed by atoms with E-state index >= 15 is 0 Å². The van der Waals surface area contributed by atoms with Crippen molar-refractivity contribution >= 4 is 11.8 Å². The first kappa shape index (κ1) is 21.5. The number of aryl methyl sites for hydroxylation is 2. The van der Waals surface area contributed by atoms with Crippen LogP contribution >= 0.6 is 0 Å². The number of hydrogen-bond donors (Lipinski definition) is 1. The van der Waals surface area contributed by atoms with Crippen LogP contribution < -0.4 is 5.32 Å². The lowest BCUT2D eigenvalue weighted by atomic mass is 9.79. The number of carbonyl (C=O) groups is 2. The normalized spacial score (nSPS) is 20.5. The van der Waals surface area contributed by atoms with Gasteiger partial charge in [-0.15, -0.1) is 0 Å². The SMILES string of the molecule is Cc1cc(C)cc(C(=O)N2CCC3(CC2)CC(CNC(=O)c2ccncc2)CCO3)c1. The number of nitrogens with one attached hydrogen (secondary N) is 1. The molecule has 0 saturated carbocycles. The number of ether oxygens (including phenoxy) is 1. The molecule has 3 heterocycles. The van der Waals surface area contributed by atoms with Crippen LogP contribution in [0, 0.1) is 19.8 Å². The van der Waals surface area contributed by atoms with Crippen LogP contribution in [0.2, 0.25) is 0 Å². The van der Waals surface area contributed by atoms with E-state index in [1.165, 1.54) is 0 Å². The standard InChI is InChI=1S/C25H31N3O3/c1-18-13-19(2)15-22(14-18)24(30)28-10-6-25(7-11-28)16-20(5-12-31-25)17-27-23(29)21-3-8-26-9-4-21/h3-4,8-9,13-15,20H,5-7,10-12,16-17H2,1-2H3,(H,27,29). The number of piperidine rings is 1. The van der Waals surface area contributed by atoms with Gasteiger partial charge in [0.15, 0.2) is 0 Å². The van der Waals surface area contributed by atoms with Crippen molar-refractivity contribution in [3.63, 3.8) is 0 Å². The van der Waals surface area contributed by atoms with Crippen molar-refractivity contribution in [1.82, 2.24) is 15.2 Å². The van der Waals surface area contributed by atoms with Gasteiger partial charge >= 0.3 is 0 Å². The van der Waals surface area contributed by atoms with E-state index in [9.17, 15) is 9.59 Å². The zero-order valence-electron chi connectivity index (χ0n) is 18.4. The van der Waals surface area contributed by atoms with Crippen molar-refractivity contribution in [2.75, 3.05) is 26.2 Å². The quantitative estimate of drug-likeness (QED) is 0.820. The number of amides is 2. The van der Waals surface area contributed by atoms with Crippen LogP contribution in [0.25, 0.3) is 0 Å². The number of hydrogen-bond acceptors (Lipinski definition) is 4. The van der Waals surface area contributed by atoms with Crippen molar-refractivity contribution in [1.29, 1.82) is 0 Å². The van der Waals surface area contributed by atoms with Gasteiger partial charge in [-0.3, -0.25) is 14.6 Å². The van der Waals surface area contributed by atoms with Gasteiger partial charge in [0.2, 0.25) is 0 Å². The summed E-state index contributed by atoms with van der Waals surface area (Å²) in [6.45, 7) is 6.83. The predicted molar refractivity (Wildman–Crippen MR) is 119 cm³/mol. The Hall–Kier alpha value is -2.73. The van der Waals surface area contributed by atoms with Crippen molar-refractivity contribution < 1.29 is 14.3 Å². The van der Waals surface area contributed by atoms with E-state index < -0.39 is 0 Å². The fraction of sp³-hybridized carbons (Fsp3) is 0.480. The predicted octanol–water partition coefficient (Wildman–Crippen LogP) is 3.53. The van der Waals surface area contributed by atoms with E-state index in [0.29, 0.717) is 37.7 Å². The van der Waals surface area contributed by atoms with Crippen LogP contribution in [0.1, 0.15) is 57.5 Å². The molecular weight excluding hydrogens is 390 g/mol. The zero-order chi connectivity index (χ0) is 21.8. The molecule has 0 aliphatic carbocycles. The van der Waals surface area contributed by atoms with Gasteiger partial charge in [0.05, 0.1) is 5.60 Å². The van der Waals surface area contributed by atoms with Gasteiger partial charge in [-0.05, 0) is 69.7 Å². The maximum atomic E-state index is 13.0. The maximum Gasteiger partial charge on any atom is 0.253 e. The van der Waals surface area contributed by atoms with E-state index in [1.807, 2.05) is 30.9 Å². The highest BCUT2D eigenvalue weighted by Crippen LogP contribution is 2.37. The van der Waals surface area contributed by atoms with Gasteiger partial charge in [-0.1, -0.05) is 17.2 Å². The van der Waals surface area contributed by atoms with Crippen LogP contribution in [0.4, 0.5) is 0 Å². The van der Waals surface area contributed by atoms with Gasteiger partial charge in [0, 0.05) is 49.8 Å². The molecule has 2 aliphatic rings. The van der Waals surface area contributed by atoms with Crippen LogP contribution in [-0.4, -0.2) is 53.5 Å². The first-order chi connectivity index (χ1) is 14.9. The molecule has 2 aliphatic heterocycles. The van der Waals surface area contributed by atoms with Gasteiger partial charge in [-0.2, -0.15) is 0 Å². The Balaban J connectivity index is 1.31. The minimum Gasteiger partial charge on any atom is -0.375 e. The fourth-order valence-corrected chi connectivity index (χ4v) is 4.89. The second-order valence-corrected chi connectivity index (χ2v) is 9.00. The Morgan fingerprint density at radius 1 is 1.10 bits per heavy atom. The average molecular weight is 422 g/mol. The molecule has 1 atom stereocenters. The lowest BCUT2D eigenvalue weighted by Crippen LogP contribution is -2.51. The second kappa shape index (κ2) is 9.18. The number of carbonyl (C=O) groups excluding carboxylic acids is 2. The van der Waals surface area contributed by atoms with Crippen molar-refractivity contribution in [2.24, 2.45) is 5.92 Å².